The fourth-order valence-electron chi connectivity index (χ4n) is 2.65. The van der Waals surface area contributed by atoms with Gasteiger partial charge >= 0.3 is 0 Å². The van der Waals surface area contributed by atoms with Crippen molar-refractivity contribution in [1.29, 1.82) is 5.26 Å². The molecule has 1 heterocycles. The average molecular weight is 275 g/mol. The fourth-order valence-corrected chi connectivity index (χ4v) is 2.65. The van der Waals surface area contributed by atoms with Crippen molar-refractivity contribution in [3.8, 4) is 6.07 Å². The summed E-state index contributed by atoms with van der Waals surface area (Å²) in [7, 11) is 0. The lowest BCUT2D eigenvalue weighted by molar-refractivity contribution is 0.106. The van der Waals surface area contributed by atoms with Crippen LogP contribution in [0.3, 0.4) is 0 Å². The molecule has 0 radical (unpaired) electrons. The topological polar surface area (TPSA) is 39.1 Å². The zero-order valence-corrected chi connectivity index (χ0v) is 12.4. The van der Waals surface area contributed by atoms with Crippen LogP contribution in [0.5, 0.6) is 0 Å². The molecule has 0 atom stereocenters. The van der Waals surface area contributed by atoms with E-state index < -0.39 is 0 Å². The van der Waals surface area contributed by atoms with Gasteiger partial charge in [0, 0.05) is 24.7 Å². The standard InChI is InChI=1S/C16H22FN3/c1-16(2,3)20-8-6-14(7-9-20)19-15-5-4-13(17)10-12(15)11-18/h4-5,10,14,19H,6-9H2,1-3H3. The highest BCUT2D eigenvalue weighted by Crippen LogP contribution is 2.24. The van der Waals surface area contributed by atoms with Gasteiger partial charge < -0.3 is 5.32 Å². The van der Waals surface area contributed by atoms with Crippen LogP contribution >= 0.6 is 0 Å². The van der Waals surface area contributed by atoms with Crippen molar-refractivity contribution in [2.75, 3.05) is 18.4 Å². The Bertz CT molecular complexity index is 505. The van der Waals surface area contributed by atoms with E-state index in [1.165, 1.54) is 12.1 Å². The van der Waals surface area contributed by atoms with E-state index in [4.69, 9.17) is 5.26 Å². The number of anilines is 1. The Hall–Kier alpha value is -1.60. The quantitative estimate of drug-likeness (QED) is 0.899. The molecule has 2 rings (SSSR count). The number of nitrogens with zero attached hydrogens (tertiary/aromatic N) is 2. The molecule has 3 nitrogen and oxygen atoms in total. The van der Waals surface area contributed by atoms with Gasteiger partial charge in [0.2, 0.25) is 0 Å². The summed E-state index contributed by atoms with van der Waals surface area (Å²) in [4.78, 5) is 2.47. The van der Waals surface area contributed by atoms with Crippen LogP contribution in [0.2, 0.25) is 0 Å². The third-order valence-electron chi connectivity index (χ3n) is 3.91. The largest absolute Gasteiger partial charge is 0.381 e. The molecular formula is C16H22FN3. The molecule has 0 spiro atoms. The number of halogens is 1. The normalized spacial score (nSPS) is 17.8. The lowest BCUT2D eigenvalue weighted by atomic mass is 9.97. The molecule has 0 aromatic heterocycles. The maximum absolute atomic E-state index is 13.1. The molecule has 0 bridgehead atoms. The number of hydrogen-bond donors (Lipinski definition) is 1. The van der Waals surface area contributed by atoms with E-state index >= 15 is 0 Å². The number of nitrogens with one attached hydrogen (secondary N) is 1. The molecule has 20 heavy (non-hydrogen) atoms. The van der Waals surface area contributed by atoms with Gasteiger partial charge in [0.1, 0.15) is 11.9 Å². The molecule has 1 fully saturated rings. The summed E-state index contributed by atoms with van der Waals surface area (Å²) in [6.07, 6.45) is 2.08. The highest BCUT2D eigenvalue weighted by molar-refractivity contribution is 5.57. The monoisotopic (exact) mass is 275 g/mol. The molecule has 0 aliphatic carbocycles. The third kappa shape index (κ3) is 3.49. The van der Waals surface area contributed by atoms with Crippen LogP contribution in [-0.4, -0.2) is 29.6 Å². The van der Waals surface area contributed by atoms with Crippen molar-refractivity contribution in [1.82, 2.24) is 4.90 Å². The van der Waals surface area contributed by atoms with Crippen LogP contribution in [0, 0.1) is 17.1 Å². The smallest absolute Gasteiger partial charge is 0.124 e. The summed E-state index contributed by atoms with van der Waals surface area (Å²) in [6, 6.07) is 6.74. The van der Waals surface area contributed by atoms with Crippen LogP contribution in [0.25, 0.3) is 0 Å². The second-order valence-corrected chi connectivity index (χ2v) is 6.38. The molecular weight excluding hydrogens is 253 g/mol. The number of rotatable bonds is 2. The van der Waals surface area contributed by atoms with E-state index in [9.17, 15) is 4.39 Å². The van der Waals surface area contributed by atoms with Gasteiger partial charge in [0.05, 0.1) is 11.3 Å². The molecule has 1 aromatic rings. The zero-order valence-electron chi connectivity index (χ0n) is 12.4. The van der Waals surface area contributed by atoms with E-state index in [1.807, 2.05) is 6.07 Å². The van der Waals surface area contributed by atoms with Crippen molar-refractivity contribution in [3.63, 3.8) is 0 Å². The van der Waals surface area contributed by atoms with Gasteiger partial charge in [-0.1, -0.05) is 0 Å². The van der Waals surface area contributed by atoms with Gasteiger partial charge in [0.25, 0.3) is 0 Å². The predicted octanol–water partition coefficient (Wildman–Crippen LogP) is 3.37. The SMILES string of the molecule is CC(C)(C)N1CCC(Nc2ccc(F)cc2C#N)CC1. The van der Waals surface area contributed by atoms with Gasteiger partial charge in [-0.05, 0) is 51.8 Å². The van der Waals surface area contributed by atoms with Crippen LogP contribution in [-0.2, 0) is 0 Å². The minimum Gasteiger partial charge on any atom is -0.381 e. The Morgan fingerprint density at radius 1 is 1.30 bits per heavy atom. The number of likely N-dealkylation sites (tertiary alicyclic amines) is 1. The van der Waals surface area contributed by atoms with Crippen molar-refractivity contribution in [2.45, 2.75) is 45.2 Å². The van der Waals surface area contributed by atoms with Crippen molar-refractivity contribution in [2.24, 2.45) is 0 Å². The number of nitriles is 1. The highest BCUT2D eigenvalue weighted by Gasteiger charge is 2.27. The highest BCUT2D eigenvalue weighted by atomic mass is 19.1. The number of hydrogen-bond acceptors (Lipinski definition) is 3. The molecule has 108 valence electrons. The minimum atomic E-state index is -0.366. The van der Waals surface area contributed by atoms with Crippen LogP contribution in [0.4, 0.5) is 10.1 Å². The van der Waals surface area contributed by atoms with Crippen molar-refractivity contribution in [3.05, 3.63) is 29.6 Å². The van der Waals surface area contributed by atoms with Gasteiger partial charge in [0.15, 0.2) is 0 Å². The maximum Gasteiger partial charge on any atom is 0.124 e. The van der Waals surface area contributed by atoms with Gasteiger partial charge in [-0.25, -0.2) is 4.39 Å². The van der Waals surface area contributed by atoms with E-state index in [1.54, 1.807) is 6.07 Å². The Kier molecular flexibility index (Phi) is 4.29. The molecule has 1 saturated heterocycles. The van der Waals surface area contributed by atoms with Gasteiger partial charge in [-0.3, -0.25) is 4.90 Å². The van der Waals surface area contributed by atoms with Crippen molar-refractivity contribution < 1.29 is 4.39 Å². The van der Waals surface area contributed by atoms with Crippen molar-refractivity contribution >= 4 is 5.69 Å². The Labute approximate surface area is 120 Å². The second kappa shape index (κ2) is 5.80. The zero-order chi connectivity index (χ0) is 14.8. The van der Waals surface area contributed by atoms with Gasteiger partial charge in [-0.2, -0.15) is 5.26 Å². The lowest BCUT2D eigenvalue weighted by Gasteiger charge is -2.41. The summed E-state index contributed by atoms with van der Waals surface area (Å²) < 4.78 is 13.1. The lowest BCUT2D eigenvalue weighted by Crippen LogP contribution is -2.48. The summed E-state index contributed by atoms with van der Waals surface area (Å²) in [5.41, 5.74) is 1.32. The molecule has 1 aliphatic heterocycles. The molecule has 1 N–H and O–H groups in total. The Balaban J connectivity index is 1.98. The fraction of sp³-hybridized carbons (Fsp3) is 0.562. The second-order valence-electron chi connectivity index (χ2n) is 6.38. The summed E-state index contributed by atoms with van der Waals surface area (Å²) in [5, 5.41) is 12.4. The van der Waals surface area contributed by atoms with Crippen LogP contribution in [0.15, 0.2) is 18.2 Å². The van der Waals surface area contributed by atoms with E-state index in [2.05, 4.69) is 31.0 Å². The first kappa shape index (κ1) is 14.8. The number of piperidine rings is 1. The molecule has 0 unspecified atom stereocenters. The first-order chi connectivity index (χ1) is 9.40. The van der Waals surface area contributed by atoms with E-state index in [-0.39, 0.29) is 11.4 Å². The molecule has 0 amide bonds. The van der Waals surface area contributed by atoms with Crippen LogP contribution in [0.1, 0.15) is 39.2 Å². The molecule has 0 saturated carbocycles. The predicted molar refractivity (Wildman–Crippen MR) is 79.1 cm³/mol. The summed E-state index contributed by atoms with van der Waals surface area (Å²) in [6.45, 7) is 8.78. The average Bonchev–Trinajstić information content (AvgIpc) is 2.40. The third-order valence-corrected chi connectivity index (χ3v) is 3.91. The Morgan fingerprint density at radius 3 is 2.50 bits per heavy atom. The summed E-state index contributed by atoms with van der Waals surface area (Å²) >= 11 is 0. The van der Waals surface area contributed by atoms with E-state index in [0.29, 0.717) is 11.6 Å². The molecule has 4 heteroatoms. The van der Waals surface area contributed by atoms with Gasteiger partial charge in [-0.15, -0.1) is 0 Å². The summed E-state index contributed by atoms with van der Waals surface area (Å²) in [5.74, 6) is -0.366. The van der Waals surface area contributed by atoms with Crippen LogP contribution < -0.4 is 5.32 Å². The molecule has 1 aliphatic rings. The first-order valence-corrected chi connectivity index (χ1v) is 7.11. The van der Waals surface area contributed by atoms with E-state index in [0.717, 1.165) is 31.6 Å². The first-order valence-electron chi connectivity index (χ1n) is 7.11. The minimum absolute atomic E-state index is 0.207. The Morgan fingerprint density at radius 2 is 1.95 bits per heavy atom. The number of benzene rings is 1. The maximum atomic E-state index is 13.1. The molecule has 1 aromatic carbocycles.